The fourth-order valence-corrected chi connectivity index (χ4v) is 3.25. The number of ether oxygens (including phenoxy) is 2. The zero-order valence-corrected chi connectivity index (χ0v) is 19.9. The van der Waals surface area contributed by atoms with Gasteiger partial charge in [0.25, 0.3) is 0 Å². The molecule has 0 rings (SSSR count). The Kier molecular flexibility index (Phi) is 21.1. The fraction of sp³-hybridized carbons (Fsp3) is 0.846. The number of rotatable bonds is 19. The van der Waals surface area contributed by atoms with Crippen molar-refractivity contribution in [3.8, 4) is 11.8 Å². The predicted molar refractivity (Wildman–Crippen MR) is 124 cm³/mol. The van der Waals surface area contributed by atoms with Crippen molar-refractivity contribution in [1.29, 1.82) is 0 Å². The second-order valence-electron chi connectivity index (χ2n) is 8.24. The van der Waals surface area contributed by atoms with E-state index in [1.165, 1.54) is 64.2 Å². The van der Waals surface area contributed by atoms with Crippen molar-refractivity contribution in [2.75, 3.05) is 6.61 Å². The maximum Gasteiger partial charge on any atom is 0.306 e. The van der Waals surface area contributed by atoms with E-state index in [2.05, 4.69) is 25.7 Å². The van der Waals surface area contributed by atoms with Gasteiger partial charge in [-0.3, -0.25) is 9.59 Å². The first kappa shape index (κ1) is 28.5. The van der Waals surface area contributed by atoms with Crippen LogP contribution in [0, 0.1) is 11.8 Å². The summed E-state index contributed by atoms with van der Waals surface area (Å²) >= 11 is 0. The van der Waals surface area contributed by atoms with Gasteiger partial charge in [-0.05, 0) is 32.6 Å². The highest BCUT2D eigenvalue weighted by Crippen LogP contribution is 2.10. The summed E-state index contributed by atoms with van der Waals surface area (Å²) in [6.45, 7) is 6.50. The monoisotopic (exact) mass is 422 g/mol. The molecule has 0 aromatic rings. The molecule has 0 heterocycles. The number of carbonyl (C=O) groups excluding carboxylic acids is 2. The van der Waals surface area contributed by atoms with Crippen LogP contribution in [0.3, 0.4) is 0 Å². The molecule has 0 amide bonds. The van der Waals surface area contributed by atoms with Crippen molar-refractivity contribution in [3.63, 3.8) is 0 Å². The highest BCUT2D eigenvalue weighted by molar-refractivity contribution is 5.72. The minimum absolute atomic E-state index is 0.0439. The molecule has 0 radical (unpaired) electrons. The average Bonchev–Trinajstić information content (AvgIpc) is 2.72. The Bertz CT molecular complexity index is 475. The van der Waals surface area contributed by atoms with E-state index < -0.39 is 0 Å². The van der Waals surface area contributed by atoms with Gasteiger partial charge >= 0.3 is 11.9 Å². The quantitative estimate of drug-likeness (QED) is 0.126. The van der Waals surface area contributed by atoms with Crippen LogP contribution in [0.1, 0.15) is 130 Å². The average molecular weight is 423 g/mol. The number of hydrogen-bond acceptors (Lipinski definition) is 4. The van der Waals surface area contributed by atoms with Crippen molar-refractivity contribution < 1.29 is 19.1 Å². The number of unbranched alkanes of at least 4 members (excludes halogenated alkanes) is 11. The molecule has 1 atom stereocenters. The summed E-state index contributed by atoms with van der Waals surface area (Å²) in [5, 5.41) is 0. The normalized spacial score (nSPS) is 11.4. The maximum absolute atomic E-state index is 11.8. The lowest BCUT2D eigenvalue weighted by molar-refractivity contribution is -0.149. The molecular weight excluding hydrogens is 376 g/mol. The lowest BCUT2D eigenvalue weighted by Crippen LogP contribution is -2.15. The largest absolute Gasteiger partial charge is 0.463 e. The van der Waals surface area contributed by atoms with Gasteiger partial charge in [-0.2, -0.15) is 0 Å². The zero-order valence-electron chi connectivity index (χ0n) is 19.9. The Balaban J connectivity index is 3.53. The molecule has 0 N–H and O–H groups in total. The molecule has 0 aromatic carbocycles. The molecule has 0 aromatic heterocycles. The smallest absolute Gasteiger partial charge is 0.306 e. The SMILES string of the molecule is CCCCCCCCCCC#CCOC(=O)CCCC(=O)OC(C)CCCCCC. The van der Waals surface area contributed by atoms with Crippen LogP contribution in [0.15, 0.2) is 0 Å². The van der Waals surface area contributed by atoms with Crippen LogP contribution >= 0.6 is 0 Å². The molecule has 0 saturated carbocycles. The number of hydrogen-bond donors (Lipinski definition) is 0. The van der Waals surface area contributed by atoms with Gasteiger partial charge in [0.15, 0.2) is 6.61 Å². The second-order valence-corrected chi connectivity index (χ2v) is 8.24. The molecule has 0 aliphatic carbocycles. The van der Waals surface area contributed by atoms with Crippen molar-refractivity contribution in [2.45, 2.75) is 136 Å². The number of carbonyl (C=O) groups is 2. The summed E-state index contributed by atoms with van der Waals surface area (Å²) < 4.78 is 10.5. The Morgan fingerprint density at radius 3 is 1.93 bits per heavy atom. The molecule has 0 bridgehead atoms. The molecule has 174 valence electrons. The maximum atomic E-state index is 11.8. The van der Waals surface area contributed by atoms with E-state index >= 15 is 0 Å². The Morgan fingerprint density at radius 1 is 0.700 bits per heavy atom. The van der Waals surface area contributed by atoms with Gasteiger partial charge in [0.05, 0.1) is 6.10 Å². The van der Waals surface area contributed by atoms with E-state index in [-0.39, 0.29) is 37.5 Å². The molecular formula is C26H46O4. The molecule has 0 saturated heterocycles. The lowest BCUT2D eigenvalue weighted by atomic mass is 10.1. The topological polar surface area (TPSA) is 52.6 Å². The molecule has 30 heavy (non-hydrogen) atoms. The summed E-state index contributed by atoms with van der Waals surface area (Å²) in [6, 6.07) is 0. The van der Waals surface area contributed by atoms with Crippen molar-refractivity contribution in [1.82, 2.24) is 0 Å². The fourth-order valence-electron chi connectivity index (χ4n) is 3.25. The molecule has 4 nitrogen and oxygen atoms in total. The van der Waals surface area contributed by atoms with Gasteiger partial charge in [-0.25, -0.2) is 0 Å². The van der Waals surface area contributed by atoms with E-state index in [1.54, 1.807) is 0 Å². The van der Waals surface area contributed by atoms with Crippen LogP contribution < -0.4 is 0 Å². The van der Waals surface area contributed by atoms with Crippen LogP contribution in [0.25, 0.3) is 0 Å². The standard InChI is InChI=1S/C26H46O4/c1-4-6-8-10-11-12-13-14-15-16-18-23-29-25(27)21-19-22-26(28)30-24(3)20-17-9-7-5-2/h24H,4-15,17,19-23H2,1-3H3. The molecule has 0 fully saturated rings. The van der Waals surface area contributed by atoms with Gasteiger partial charge in [-0.15, -0.1) is 0 Å². The summed E-state index contributed by atoms with van der Waals surface area (Å²) in [7, 11) is 0. The highest BCUT2D eigenvalue weighted by Gasteiger charge is 2.10. The van der Waals surface area contributed by atoms with Crippen LogP contribution in [0.4, 0.5) is 0 Å². The minimum Gasteiger partial charge on any atom is -0.463 e. The van der Waals surface area contributed by atoms with Gasteiger partial charge in [0.1, 0.15) is 0 Å². The first-order valence-electron chi connectivity index (χ1n) is 12.4. The van der Waals surface area contributed by atoms with Gasteiger partial charge < -0.3 is 9.47 Å². The first-order valence-corrected chi connectivity index (χ1v) is 12.4. The first-order chi connectivity index (χ1) is 14.6. The van der Waals surface area contributed by atoms with Crippen LogP contribution in [0.5, 0.6) is 0 Å². The van der Waals surface area contributed by atoms with Gasteiger partial charge in [-0.1, -0.05) is 89.9 Å². The predicted octanol–water partition coefficient (Wildman–Crippen LogP) is 7.14. The van der Waals surface area contributed by atoms with Crippen LogP contribution in [-0.4, -0.2) is 24.6 Å². The zero-order chi connectivity index (χ0) is 22.3. The third kappa shape index (κ3) is 21.2. The Morgan fingerprint density at radius 2 is 1.27 bits per heavy atom. The van der Waals surface area contributed by atoms with E-state index in [0.717, 1.165) is 25.7 Å². The summed E-state index contributed by atoms with van der Waals surface area (Å²) in [4.78, 5) is 23.5. The third-order valence-electron chi connectivity index (χ3n) is 5.14. The van der Waals surface area contributed by atoms with E-state index in [0.29, 0.717) is 6.42 Å². The number of esters is 2. The van der Waals surface area contributed by atoms with Crippen LogP contribution in [-0.2, 0) is 19.1 Å². The highest BCUT2D eigenvalue weighted by atomic mass is 16.5. The van der Waals surface area contributed by atoms with Crippen molar-refractivity contribution in [3.05, 3.63) is 0 Å². The second kappa shape index (κ2) is 22.2. The molecule has 0 spiro atoms. The third-order valence-corrected chi connectivity index (χ3v) is 5.14. The van der Waals surface area contributed by atoms with Crippen LogP contribution in [0.2, 0.25) is 0 Å². The summed E-state index contributed by atoms with van der Waals surface area (Å²) in [5.41, 5.74) is 0. The van der Waals surface area contributed by atoms with Crippen molar-refractivity contribution in [2.24, 2.45) is 0 Å². The molecule has 0 aliphatic rings. The van der Waals surface area contributed by atoms with E-state index in [4.69, 9.17) is 9.47 Å². The lowest BCUT2D eigenvalue weighted by Gasteiger charge is -2.12. The summed E-state index contributed by atoms with van der Waals surface area (Å²) in [5.74, 6) is 5.45. The molecule has 4 heteroatoms. The van der Waals surface area contributed by atoms with Gasteiger partial charge in [0.2, 0.25) is 0 Å². The Labute approximate surface area is 185 Å². The minimum atomic E-state index is -0.295. The van der Waals surface area contributed by atoms with Gasteiger partial charge in [0, 0.05) is 19.3 Å². The Hall–Kier alpha value is -1.50. The summed E-state index contributed by atoms with van der Waals surface area (Å²) in [6.07, 6.45) is 17.7. The van der Waals surface area contributed by atoms with E-state index in [1.807, 2.05) is 6.92 Å². The molecule has 0 aliphatic heterocycles. The van der Waals surface area contributed by atoms with E-state index in [9.17, 15) is 9.59 Å². The molecule has 1 unspecified atom stereocenters. The van der Waals surface area contributed by atoms with Crippen molar-refractivity contribution >= 4 is 11.9 Å².